The predicted octanol–water partition coefficient (Wildman–Crippen LogP) is 3.74. The molecule has 4 rings (SSSR count). The summed E-state index contributed by atoms with van der Waals surface area (Å²) in [6.45, 7) is 1.89. The smallest absolute Gasteiger partial charge is 0.162 e. The van der Waals surface area contributed by atoms with Gasteiger partial charge in [0.1, 0.15) is 5.82 Å². The fourth-order valence-corrected chi connectivity index (χ4v) is 3.20. The minimum Gasteiger partial charge on any atom is -0.356 e. The average Bonchev–Trinajstić information content (AvgIpc) is 2.69. The molecule has 0 amide bonds. The molecule has 0 aliphatic carbocycles. The molecule has 25 heavy (non-hydrogen) atoms. The highest BCUT2D eigenvalue weighted by molar-refractivity contribution is 5.67. The van der Waals surface area contributed by atoms with E-state index in [9.17, 15) is 0 Å². The molecule has 2 N–H and O–H groups in total. The van der Waals surface area contributed by atoms with E-state index in [1.807, 2.05) is 36.4 Å². The molecule has 1 aromatic heterocycles. The Hall–Kier alpha value is -2.72. The summed E-state index contributed by atoms with van der Waals surface area (Å²) in [5, 5.41) is 0. The zero-order chi connectivity index (χ0) is 17.1. The molecule has 1 saturated heterocycles. The fraction of sp³-hybridized carbons (Fsp3) is 0.238. The van der Waals surface area contributed by atoms with Crippen LogP contribution in [0.3, 0.4) is 0 Å². The van der Waals surface area contributed by atoms with Crippen LogP contribution in [0.15, 0.2) is 66.7 Å². The third-order valence-electron chi connectivity index (χ3n) is 4.68. The topological polar surface area (TPSA) is 55.0 Å². The van der Waals surface area contributed by atoms with Crippen molar-refractivity contribution in [3.05, 3.63) is 66.7 Å². The van der Waals surface area contributed by atoms with Gasteiger partial charge in [0.25, 0.3) is 0 Å². The molecule has 1 fully saturated rings. The van der Waals surface area contributed by atoms with E-state index in [4.69, 9.17) is 15.7 Å². The van der Waals surface area contributed by atoms with Crippen molar-refractivity contribution in [3.63, 3.8) is 0 Å². The maximum absolute atomic E-state index is 6.06. The molecule has 2 aromatic carbocycles. The van der Waals surface area contributed by atoms with Crippen molar-refractivity contribution >= 4 is 5.82 Å². The Morgan fingerprint density at radius 3 is 2.04 bits per heavy atom. The molecule has 3 aromatic rings. The van der Waals surface area contributed by atoms with Gasteiger partial charge >= 0.3 is 0 Å². The Morgan fingerprint density at radius 2 is 1.40 bits per heavy atom. The van der Waals surface area contributed by atoms with Crippen LogP contribution in [0.1, 0.15) is 12.8 Å². The van der Waals surface area contributed by atoms with E-state index in [-0.39, 0.29) is 0 Å². The van der Waals surface area contributed by atoms with E-state index >= 15 is 0 Å². The summed E-state index contributed by atoms with van der Waals surface area (Å²) in [5.74, 6) is 1.76. The highest BCUT2D eigenvalue weighted by Gasteiger charge is 2.19. The van der Waals surface area contributed by atoms with Gasteiger partial charge in [0.2, 0.25) is 0 Å². The Bertz CT molecular complexity index is 767. The third-order valence-corrected chi connectivity index (χ3v) is 4.68. The van der Waals surface area contributed by atoms with Crippen LogP contribution in [0.4, 0.5) is 5.82 Å². The molecule has 1 aliphatic heterocycles. The lowest BCUT2D eigenvalue weighted by molar-refractivity contribution is 0.498. The van der Waals surface area contributed by atoms with Gasteiger partial charge in [-0.2, -0.15) is 0 Å². The van der Waals surface area contributed by atoms with Gasteiger partial charge in [-0.1, -0.05) is 60.7 Å². The standard InChI is InChI=1S/C21H22N4/c22-18-11-13-25(14-12-18)20-15-19(16-7-3-1-4-8-16)23-21(24-20)17-9-5-2-6-10-17/h1-10,15,18H,11-14,22H2. The molecular weight excluding hydrogens is 308 g/mol. The first-order valence-corrected chi connectivity index (χ1v) is 8.80. The largest absolute Gasteiger partial charge is 0.356 e. The number of nitrogens with two attached hydrogens (primary N) is 1. The lowest BCUT2D eigenvalue weighted by Gasteiger charge is -2.31. The Labute approximate surface area is 148 Å². The summed E-state index contributed by atoms with van der Waals surface area (Å²) in [4.78, 5) is 12.0. The van der Waals surface area contributed by atoms with Crippen LogP contribution >= 0.6 is 0 Å². The SMILES string of the molecule is NC1CCN(c2cc(-c3ccccc3)nc(-c3ccccc3)n2)CC1. The van der Waals surface area contributed by atoms with Gasteiger partial charge < -0.3 is 10.6 Å². The highest BCUT2D eigenvalue weighted by Crippen LogP contribution is 2.27. The molecule has 1 aliphatic rings. The summed E-state index contributed by atoms with van der Waals surface area (Å²) in [6, 6.07) is 22.9. The quantitative estimate of drug-likeness (QED) is 0.795. The van der Waals surface area contributed by atoms with Crippen LogP contribution in [0.2, 0.25) is 0 Å². The van der Waals surface area contributed by atoms with Gasteiger partial charge in [-0.3, -0.25) is 0 Å². The summed E-state index contributed by atoms with van der Waals surface area (Å²) in [7, 11) is 0. The monoisotopic (exact) mass is 330 g/mol. The number of hydrogen-bond donors (Lipinski definition) is 1. The maximum Gasteiger partial charge on any atom is 0.162 e. The molecule has 0 unspecified atom stereocenters. The fourth-order valence-electron chi connectivity index (χ4n) is 3.20. The number of hydrogen-bond acceptors (Lipinski definition) is 4. The first-order valence-electron chi connectivity index (χ1n) is 8.80. The number of rotatable bonds is 3. The van der Waals surface area contributed by atoms with Gasteiger partial charge in [0.05, 0.1) is 5.69 Å². The van der Waals surface area contributed by atoms with Crippen molar-refractivity contribution in [2.45, 2.75) is 18.9 Å². The number of anilines is 1. The molecule has 126 valence electrons. The predicted molar refractivity (Wildman–Crippen MR) is 102 cm³/mol. The molecule has 0 bridgehead atoms. The van der Waals surface area contributed by atoms with Crippen LogP contribution in [0.25, 0.3) is 22.6 Å². The molecular formula is C21H22N4. The second kappa shape index (κ2) is 7.03. The number of nitrogens with zero attached hydrogens (tertiary/aromatic N) is 3. The van der Waals surface area contributed by atoms with Crippen LogP contribution in [-0.4, -0.2) is 29.1 Å². The first-order chi connectivity index (χ1) is 12.3. The maximum atomic E-state index is 6.06. The van der Waals surface area contributed by atoms with Gasteiger partial charge in [-0.15, -0.1) is 0 Å². The van der Waals surface area contributed by atoms with Gasteiger partial charge in [0, 0.05) is 36.3 Å². The van der Waals surface area contributed by atoms with Crippen LogP contribution in [-0.2, 0) is 0 Å². The number of aromatic nitrogens is 2. The summed E-state index contributed by atoms with van der Waals surface area (Å²) >= 11 is 0. The molecule has 0 atom stereocenters. The minimum atomic E-state index is 0.306. The molecule has 0 saturated carbocycles. The zero-order valence-electron chi connectivity index (χ0n) is 14.2. The van der Waals surface area contributed by atoms with Gasteiger partial charge in [0.15, 0.2) is 5.82 Å². The molecule has 0 radical (unpaired) electrons. The van der Waals surface area contributed by atoms with E-state index in [1.165, 1.54) is 0 Å². The number of benzene rings is 2. The second-order valence-electron chi connectivity index (χ2n) is 6.49. The summed E-state index contributed by atoms with van der Waals surface area (Å²) in [6.07, 6.45) is 2.01. The average molecular weight is 330 g/mol. The van der Waals surface area contributed by atoms with Crippen LogP contribution in [0, 0.1) is 0 Å². The van der Waals surface area contributed by atoms with Crippen LogP contribution in [0.5, 0.6) is 0 Å². The molecule has 0 spiro atoms. The molecule has 4 heteroatoms. The highest BCUT2D eigenvalue weighted by atomic mass is 15.2. The summed E-state index contributed by atoms with van der Waals surface area (Å²) < 4.78 is 0. The lowest BCUT2D eigenvalue weighted by Crippen LogP contribution is -2.40. The normalized spacial score (nSPS) is 15.3. The van der Waals surface area contributed by atoms with Crippen molar-refractivity contribution in [1.29, 1.82) is 0 Å². The third kappa shape index (κ3) is 3.54. The zero-order valence-corrected chi connectivity index (χ0v) is 14.2. The van der Waals surface area contributed by atoms with E-state index in [1.54, 1.807) is 0 Å². The van der Waals surface area contributed by atoms with Crippen molar-refractivity contribution < 1.29 is 0 Å². The van der Waals surface area contributed by atoms with E-state index in [0.29, 0.717) is 6.04 Å². The minimum absolute atomic E-state index is 0.306. The number of piperidine rings is 1. The van der Waals surface area contributed by atoms with E-state index in [0.717, 1.165) is 54.4 Å². The van der Waals surface area contributed by atoms with E-state index in [2.05, 4.69) is 35.2 Å². The lowest BCUT2D eigenvalue weighted by atomic mass is 10.1. The van der Waals surface area contributed by atoms with Crippen molar-refractivity contribution in [1.82, 2.24) is 9.97 Å². The Balaban J connectivity index is 1.78. The van der Waals surface area contributed by atoms with Crippen molar-refractivity contribution in [3.8, 4) is 22.6 Å². The van der Waals surface area contributed by atoms with Crippen molar-refractivity contribution in [2.24, 2.45) is 5.73 Å². The van der Waals surface area contributed by atoms with Crippen LogP contribution < -0.4 is 10.6 Å². The Kier molecular flexibility index (Phi) is 4.44. The van der Waals surface area contributed by atoms with E-state index < -0.39 is 0 Å². The van der Waals surface area contributed by atoms with Gasteiger partial charge in [-0.25, -0.2) is 9.97 Å². The molecule has 2 heterocycles. The second-order valence-corrected chi connectivity index (χ2v) is 6.49. The van der Waals surface area contributed by atoms with Crippen molar-refractivity contribution in [2.75, 3.05) is 18.0 Å². The first kappa shape index (κ1) is 15.8. The molecule has 4 nitrogen and oxygen atoms in total. The summed E-state index contributed by atoms with van der Waals surface area (Å²) in [5.41, 5.74) is 9.16. The Morgan fingerprint density at radius 1 is 0.800 bits per heavy atom. The van der Waals surface area contributed by atoms with Gasteiger partial charge in [-0.05, 0) is 12.8 Å².